The zero-order chi connectivity index (χ0) is 13.9. The fourth-order valence-electron chi connectivity index (χ4n) is 1.73. The highest BCUT2D eigenvalue weighted by atomic mass is 32.2. The summed E-state index contributed by atoms with van der Waals surface area (Å²) in [5.74, 6) is -0.893. The SMILES string of the molecule is Cc1cc(S(C)(=O)=O)ccc1C(N)CCC(=O)O. The van der Waals surface area contributed by atoms with Gasteiger partial charge in [0.25, 0.3) is 0 Å². The Morgan fingerprint density at radius 2 is 2.06 bits per heavy atom. The summed E-state index contributed by atoms with van der Waals surface area (Å²) in [5.41, 5.74) is 7.43. The van der Waals surface area contributed by atoms with Gasteiger partial charge in [0.2, 0.25) is 0 Å². The minimum Gasteiger partial charge on any atom is -0.481 e. The lowest BCUT2D eigenvalue weighted by Gasteiger charge is -2.14. The molecular weight excluding hydrogens is 254 g/mol. The second-order valence-electron chi connectivity index (χ2n) is 4.33. The molecule has 100 valence electrons. The minimum atomic E-state index is -3.23. The number of rotatable bonds is 5. The van der Waals surface area contributed by atoms with Crippen LogP contribution in [0, 0.1) is 6.92 Å². The molecule has 1 rings (SSSR count). The normalized spacial score (nSPS) is 13.3. The highest BCUT2D eigenvalue weighted by molar-refractivity contribution is 7.90. The lowest BCUT2D eigenvalue weighted by Crippen LogP contribution is -2.14. The summed E-state index contributed by atoms with van der Waals surface area (Å²) in [7, 11) is -3.23. The van der Waals surface area contributed by atoms with E-state index in [1.54, 1.807) is 19.1 Å². The van der Waals surface area contributed by atoms with Gasteiger partial charge in [0.1, 0.15) is 0 Å². The third-order valence-corrected chi connectivity index (χ3v) is 3.85. The van der Waals surface area contributed by atoms with Gasteiger partial charge in [0.15, 0.2) is 9.84 Å². The van der Waals surface area contributed by atoms with Crippen molar-refractivity contribution < 1.29 is 18.3 Å². The largest absolute Gasteiger partial charge is 0.481 e. The smallest absolute Gasteiger partial charge is 0.303 e. The van der Waals surface area contributed by atoms with Crippen molar-refractivity contribution in [2.45, 2.75) is 30.7 Å². The Morgan fingerprint density at radius 3 is 2.50 bits per heavy atom. The molecule has 0 aromatic heterocycles. The average Bonchev–Trinajstić information content (AvgIpc) is 2.24. The molecule has 0 heterocycles. The second kappa shape index (κ2) is 5.49. The maximum atomic E-state index is 11.4. The van der Waals surface area contributed by atoms with Crippen LogP contribution >= 0.6 is 0 Å². The Morgan fingerprint density at radius 1 is 1.44 bits per heavy atom. The van der Waals surface area contributed by atoms with Crippen molar-refractivity contribution in [3.05, 3.63) is 29.3 Å². The Hall–Kier alpha value is -1.40. The fourth-order valence-corrected chi connectivity index (χ4v) is 2.44. The standard InChI is InChI=1S/C12H17NO4S/c1-8-7-9(18(2,16)17)3-4-10(8)11(13)5-6-12(14)15/h3-4,7,11H,5-6,13H2,1-2H3,(H,14,15). The number of carboxylic acid groups (broad SMARTS) is 1. The van der Waals surface area contributed by atoms with Crippen LogP contribution in [-0.4, -0.2) is 25.7 Å². The summed E-state index contributed by atoms with van der Waals surface area (Å²) in [5, 5.41) is 8.59. The predicted molar refractivity (Wildman–Crippen MR) is 68.1 cm³/mol. The third-order valence-electron chi connectivity index (χ3n) is 2.74. The molecule has 0 spiro atoms. The highest BCUT2D eigenvalue weighted by Crippen LogP contribution is 2.22. The van der Waals surface area contributed by atoms with E-state index in [4.69, 9.17) is 10.8 Å². The Bertz CT molecular complexity index is 551. The van der Waals surface area contributed by atoms with Crippen LogP contribution in [0.4, 0.5) is 0 Å². The summed E-state index contributed by atoms with van der Waals surface area (Å²) in [4.78, 5) is 10.7. The van der Waals surface area contributed by atoms with E-state index < -0.39 is 21.8 Å². The fraction of sp³-hybridized carbons (Fsp3) is 0.417. The van der Waals surface area contributed by atoms with Gasteiger partial charge in [0.05, 0.1) is 4.90 Å². The summed E-state index contributed by atoms with van der Waals surface area (Å²) in [6.45, 7) is 1.77. The zero-order valence-corrected chi connectivity index (χ0v) is 11.2. The van der Waals surface area contributed by atoms with Gasteiger partial charge in [-0.15, -0.1) is 0 Å². The number of nitrogens with two attached hydrogens (primary N) is 1. The van der Waals surface area contributed by atoms with Crippen molar-refractivity contribution in [1.82, 2.24) is 0 Å². The molecule has 18 heavy (non-hydrogen) atoms. The van der Waals surface area contributed by atoms with Crippen LogP contribution in [0.3, 0.4) is 0 Å². The molecule has 1 aromatic carbocycles. The Labute approximate surface area is 107 Å². The van der Waals surface area contributed by atoms with Gasteiger partial charge >= 0.3 is 5.97 Å². The highest BCUT2D eigenvalue weighted by Gasteiger charge is 2.14. The number of hydrogen-bond donors (Lipinski definition) is 2. The van der Waals surface area contributed by atoms with Crippen LogP contribution in [0.1, 0.15) is 30.0 Å². The maximum absolute atomic E-state index is 11.4. The lowest BCUT2D eigenvalue weighted by atomic mass is 9.98. The monoisotopic (exact) mass is 271 g/mol. The lowest BCUT2D eigenvalue weighted by molar-refractivity contribution is -0.137. The summed E-state index contributed by atoms with van der Waals surface area (Å²) >= 11 is 0. The van der Waals surface area contributed by atoms with E-state index >= 15 is 0 Å². The topological polar surface area (TPSA) is 97.5 Å². The molecule has 0 aliphatic heterocycles. The van der Waals surface area contributed by atoms with Crippen LogP contribution in [0.5, 0.6) is 0 Å². The van der Waals surface area contributed by atoms with E-state index in [2.05, 4.69) is 0 Å². The van der Waals surface area contributed by atoms with Crippen molar-refractivity contribution in [1.29, 1.82) is 0 Å². The molecule has 1 unspecified atom stereocenters. The van der Waals surface area contributed by atoms with Crippen molar-refractivity contribution in [2.24, 2.45) is 5.73 Å². The summed E-state index contributed by atoms with van der Waals surface area (Å²) in [6, 6.07) is 4.32. The molecular formula is C12H17NO4S. The number of aryl methyl sites for hydroxylation is 1. The van der Waals surface area contributed by atoms with Crippen LogP contribution in [0.2, 0.25) is 0 Å². The zero-order valence-electron chi connectivity index (χ0n) is 10.4. The average molecular weight is 271 g/mol. The molecule has 0 radical (unpaired) electrons. The quantitative estimate of drug-likeness (QED) is 0.840. The van der Waals surface area contributed by atoms with Crippen molar-refractivity contribution in [3.63, 3.8) is 0 Å². The molecule has 0 saturated heterocycles. The third kappa shape index (κ3) is 3.82. The predicted octanol–water partition coefficient (Wildman–Crippen LogP) is 1.26. The summed E-state index contributed by atoms with van der Waals surface area (Å²) < 4.78 is 22.7. The van der Waals surface area contributed by atoms with E-state index in [9.17, 15) is 13.2 Å². The van der Waals surface area contributed by atoms with Gasteiger partial charge in [-0.05, 0) is 36.6 Å². The number of sulfone groups is 1. The molecule has 0 saturated carbocycles. The van der Waals surface area contributed by atoms with Gasteiger partial charge < -0.3 is 10.8 Å². The van der Waals surface area contributed by atoms with Gasteiger partial charge in [-0.1, -0.05) is 6.07 Å². The number of carbonyl (C=O) groups is 1. The first-order chi connectivity index (χ1) is 8.21. The molecule has 0 amide bonds. The molecule has 1 atom stereocenters. The van der Waals surface area contributed by atoms with E-state index in [0.717, 1.165) is 17.4 Å². The van der Waals surface area contributed by atoms with Crippen LogP contribution < -0.4 is 5.73 Å². The molecule has 0 bridgehead atoms. The first-order valence-electron chi connectivity index (χ1n) is 5.50. The van der Waals surface area contributed by atoms with Crippen molar-refractivity contribution in [3.8, 4) is 0 Å². The Balaban J connectivity index is 2.95. The van der Waals surface area contributed by atoms with Crippen molar-refractivity contribution in [2.75, 3.05) is 6.26 Å². The van der Waals surface area contributed by atoms with E-state index in [0.29, 0.717) is 6.42 Å². The molecule has 0 aliphatic rings. The second-order valence-corrected chi connectivity index (χ2v) is 6.35. The van der Waals surface area contributed by atoms with E-state index in [1.165, 1.54) is 6.07 Å². The molecule has 0 fully saturated rings. The molecule has 6 heteroatoms. The number of carboxylic acids is 1. The van der Waals surface area contributed by atoms with E-state index in [1.807, 2.05) is 0 Å². The molecule has 3 N–H and O–H groups in total. The molecule has 0 aliphatic carbocycles. The van der Waals surface area contributed by atoms with Gasteiger partial charge in [-0.2, -0.15) is 0 Å². The summed E-state index contributed by atoms with van der Waals surface area (Å²) in [6.07, 6.45) is 1.47. The van der Waals surface area contributed by atoms with Crippen molar-refractivity contribution >= 4 is 15.8 Å². The number of hydrogen-bond acceptors (Lipinski definition) is 4. The van der Waals surface area contributed by atoms with Crippen LogP contribution in [0.15, 0.2) is 23.1 Å². The molecule has 1 aromatic rings. The van der Waals surface area contributed by atoms with Gasteiger partial charge in [0, 0.05) is 18.7 Å². The van der Waals surface area contributed by atoms with Gasteiger partial charge in [-0.3, -0.25) is 4.79 Å². The maximum Gasteiger partial charge on any atom is 0.303 e. The van der Waals surface area contributed by atoms with Crippen LogP contribution in [0.25, 0.3) is 0 Å². The first kappa shape index (κ1) is 14.7. The number of benzene rings is 1. The molecule has 5 nitrogen and oxygen atoms in total. The van der Waals surface area contributed by atoms with Gasteiger partial charge in [-0.25, -0.2) is 8.42 Å². The van der Waals surface area contributed by atoms with E-state index in [-0.39, 0.29) is 11.3 Å². The Kier molecular flexibility index (Phi) is 4.48. The number of aliphatic carboxylic acids is 1. The van der Waals surface area contributed by atoms with Crippen LogP contribution in [-0.2, 0) is 14.6 Å². The first-order valence-corrected chi connectivity index (χ1v) is 7.39. The minimum absolute atomic E-state index is 0.00552.